The summed E-state index contributed by atoms with van der Waals surface area (Å²) in [5.74, 6) is -1.54. The van der Waals surface area contributed by atoms with Gasteiger partial charge in [0.25, 0.3) is 15.9 Å². The van der Waals surface area contributed by atoms with Crippen LogP contribution in [0, 0.1) is 0 Å². The molecule has 0 bridgehead atoms. The van der Waals surface area contributed by atoms with Gasteiger partial charge in [0.1, 0.15) is 10.9 Å². The van der Waals surface area contributed by atoms with Crippen LogP contribution >= 0.6 is 23.2 Å². The van der Waals surface area contributed by atoms with Crippen molar-refractivity contribution in [2.45, 2.75) is 44.2 Å². The number of sulfonamides is 1. The van der Waals surface area contributed by atoms with Gasteiger partial charge in [0.15, 0.2) is 0 Å². The van der Waals surface area contributed by atoms with Crippen molar-refractivity contribution < 1.29 is 22.8 Å². The molecule has 0 radical (unpaired) electrons. The molecule has 1 heterocycles. The van der Waals surface area contributed by atoms with Gasteiger partial charge in [-0.15, -0.1) is 0 Å². The first-order valence-corrected chi connectivity index (χ1v) is 13.0. The molecule has 1 N–H and O–H groups in total. The molecule has 2 aromatic carbocycles. The van der Waals surface area contributed by atoms with Gasteiger partial charge in [0, 0.05) is 41.7 Å². The van der Waals surface area contributed by atoms with Crippen LogP contribution in [0.1, 0.15) is 42.6 Å². The lowest BCUT2D eigenvalue weighted by molar-refractivity contribution is -0.141. The van der Waals surface area contributed by atoms with Crippen molar-refractivity contribution in [3.05, 3.63) is 63.6 Å². The predicted molar refractivity (Wildman–Crippen MR) is 129 cm³/mol. The molecule has 1 atom stereocenters. The highest BCUT2D eigenvalue weighted by Gasteiger charge is 2.41. The van der Waals surface area contributed by atoms with Crippen LogP contribution in [0.15, 0.2) is 47.4 Å². The summed E-state index contributed by atoms with van der Waals surface area (Å²) < 4.78 is 26.3. The third-order valence-electron chi connectivity index (χ3n) is 5.57. The Kier molecular flexibility index (Phi) is 8.22. The Morgan fingerprint density at radius 2 is 1.71 bits per heavy atom. The molecular weight excluding hydrogens is 501 g/mol. The second-order valence-corrected chi connectivity index (χ2v) is 10.3. The first-order valence-electron chi connectivity index (χ1n) is 10.8. The van der Waals surface area contributed by atoms with Gasteiger partial charge in [-0.2, -0.15) is 0 Å². The van der Waals surface area contributed by atoms with E-state index < -0.39 is 27.9 Å². The molecule has 182 valence electrons. The summed E-state index contributed by atoms with van der Waals surface area (Å²) in [6.45, 7) is 3.51. The smallest absolute Gasteiger partial charge is 0.269 e. The maximum absolute atomic E-state index is 13.4. The average molecular weight is 526 g/mol. The minimum Gasteiger partial charge on any atom is -0.355 e. The molecule has 0 saturated heterocycles. The first-order chi connectivity index (χ1) is 16.1. The number of halogens is 2. The van der Waals surface area contributed by atoms with Gasteiger partial charge in [-0.25, -0.2) is 12.7 Å². The van der Waals surface area contributed by atoms with Crippen molar-refractivity contribution in [3.63, 3.8) is 0 Å². The summed E-state index contributed by atoms with van der Waals surface area (Å²) in [6, 6.07) is 10.0. The van der Waals surface area contributed by atoms with Crippen molar-refractivity contribution in [1.82, 2.24) is 14.5 Å². The summed E-state index contributed by atoms with van der Waals surface area (Å²) >= 11 is 12.6. The fourth-order valence-electron chi connectivity index (χ4n) is 3.86. The number of nitrogens with one attached hydrogen (secondary N) is 1. The number of carbonyl (C=O) groups excluding carboxylic acids is 3. The normalized spacial score (nSPS) is 15.1. The Bertz CT molecular complexity index is 1200. The van der Waals surface area contributed by atoms with Gasteiger partial charge in [-0.3, -0.25) is 14.4 Å². The second kappa shape index (κ2) is 10.8. The lowest BCUT2D eigenvalue weighted by Crippen LogP contribution is -2.49. The van der Waals surface area contributed by atoms with Crippen LogP contribution in [0.25, 0.3) is 0 Å². The fourth-order valence-corrected chi connectivity index (χ4v) is 5.94. The van der Waals surface area contributed by atoms with Gasteiger partial charge in [-0.1, -0.05) is 48.3 Å². The van der Waals surface area contributed by atoms with Gasteiger partial charge in [0.2, 0.25) is 11.8 Å². The Hall–Kier alpha value is -2.62. The van der Waals surface area contributed by atoms with Crippen LogP contribution < -0.4 is 5.32 Å². The van der Waals surface area contributed by atoms with Gasteiger partial charge in [0.05, 0.1) is 5.56 Å². The number of rotatable bonds is 9. The van der Waals surface area contributed by atoms with E-state index in [2.05, 4.69) is 5.32 Å². The van der Waals surface area contributed by atoms with Crippen LogP contribution in [0.5, 0.6) is 0 Å². The highest BCUT2D eigenvalue weighted by atomic mass is 35.5. The zero-order valence-corrected chi connectivity index (χ0v) is 21.1. The SMILES string of the molecule is CCNC(=O)C(CC)N(Cc1c(Cl)cccc1Cl)C(=O)CCN1C(=O)c2ccccc2S1(=O)=O. The van der Waals surface area contributed by atoms with Crippen molar-refractivity contribution in [2.75, 3.05) is 13.1 Å². The van der Waals surface area contributed by atoms with E-state index in [1.54, 1.807) is 38.1 Å². The van der Waals surface area contributed by atoms with Gasteiger partial charge >= 0.3 is 0 Å². The molecule has 0 spiro atoms. The third kappa shape index (κ3) is 5.06. The molecule has 34 heavy (non-hydrogen) atoms. The number of hydrogen-bond donors (Lipinski definition) is 1. The van der Waals surface area contributed by atoms with E-state index in [0.717, 1.165) is 0 Å². The maximum atomic E-state index is 13.4. The number of hydrogen-bond acceptors (Lipinski definition) is 5. The molecule has 8 nitrogen and oxygen atoms in total. The number of amides is 3. The molecule has 3 rings (SSSR count). The highest BCUT2D eigenvalue weighted by Crippen LogP contribution is 2.31. The number of benzene rings is 2. The molecule has 1 unspecified atom stereocenters. The fraction of sp³-hybridized carbons (Fsp3) is 0.348. The molecule has 0 aliphatic carbocycles. The Morgan fingerprint density at radius 1 is 1.06 bits per heavy atom. The number of fused-ring (bicyclic) bond motifs is 1. The van der Waals surface area contributed by atoms with Crippen molar-refractivity contribution in [1.29, 1.82) is 0 Å². The largest absolute Gasteiger partial charge is 0.355 e. The van der Waals surface area contributed by atoms with E-state index in [4.69, 9.17) is 23.2 Å². The molecule has 3 amide bonds. The minimum atomic E-state index is -4.05. The molecule has 1 aliphatic rings. The third-order valence-corrected chi connectivity index (χ3v) is 8.12. The Labute approximate surface area is 208 Å². The molecule has 1 aliphatic heterocycles. The first kappa shape index (κ1) is 26.0. The molecule has 0 aromatic heterocycles. The van der Waals surface area contributed by atoms with Crippen molar-refractivity contribution >= 4 is 50.9 Å². The lowest BCUT2D eigenvalue weighted by atomic mass is 10.1. The summed E-state index contributed by atoms with van der Waals surface area (Å²) in [6.07, 6.45) is 0.00294. The van der Waals surface area contributed by atoms with Crippen LogP contribution in [-0.4, -0.2) is 54.5 Å². The zero-order chi connectivity index (χ0) is 25.0. The van der Waals surface area contributed by atoms with Crippen LogP contribution in [0.3, 0.4) is 0 Å². The number of nitrogens with zero attached hydrogens (tertiary/aromatic N) is 2. The summed E-state index contributed by atoms with van der Waals surface area (Å²) in [4.78, 5) is 40.0. The summed E-state index contributed by atoms with van der Waals surface area (Å²) in [5, 5.41) is 3.39. The van der Waals surface area contributed by atoms with Crippen LogP contribution in [0.2, 0.25) is 10.0 Å². The van der Waals surface area contributed by atoms with Crippen molar-refractivity contribution in [2.24, 2.45) is 0 Å². The topological polar surface area (TPSA) is 104 Å². The molecular formula is C23H25Cl2N3O5S. The predicted octanol–water partition coefficient (Wildman–Crippen LogP) is 3.47. The second-order valence-electron chi connectivity index (χ2n) is 7.67. The zero-order valence-electron chi connectivity index (χ0n) is 18.8. The highest BCUT2D eigenvalue weighted by molar-refractivity contribution is 7.90. The summed E-state index contributed by atoms with van der Waals surface area (Å²) in [5.41, 5.74) is 0.544. The van der Waals surface area contributed by atoms with E-state index in [-0.39, 0.29) is 35.9 Å². The molecule has 0 saturated carbocycles. The minimum absolute atomic E-state index is 0.0477. The number of carbonyl (C=O) groups is 3. The average Bonchev–Trinajstić information content (AvgIpc) is 2.99. The monoisotopic (exact) mass is 525 g/mol. The standard InChI is InChI=1S/C23H25Cl2N3O5S/c1-3-19(22(30)26-4-2)27(14-16-17(24)9-7-10-18(16)25)21(29)12-13-28-23(31)15-8-5-6-11-20(15)34(28,32)33/h5-11,19H,3-4,12-14H2,1-2H3,(H,26,30). The van der Waals surface area contributed by atoms with Crippen LogP contribution in [-0.2, 0) is 26.2 Å². The van der Waals surface area contributed by atoms with E-state index in [9.17, 15) is 22.8 Å². The molecule has 11 heteroatoms. The van der Waals surface area contributed by atoms with Gasteiger partial charge in [-0.05, 0) is 37.6 Å². The van der Waals surface area contributed by atoms with Crippen molar-refractivity contribution in [3.8, 4) is 0 Å². The van der Waals surface area contributed by atoms with E-state index in [1.807, 2.05) is 0 Å². The van der Waals surface area contributed by atoms with E-state index in [1.165, 1.54) is 23.1 Å². The Morgan fingerprint density at radius 3 is 2.29 bits per heavy atom. The molecule has 0 fully saturated rings. The quantitative estimate of drug-likeness (QED) is 0.539. The maximum Gasteiger partial charge on any atom is 0.269 e. The summed E-state index contributed by atoms with van der Waals surface area (Å²) in [7, 11) is -4.05. The van der Waals surface area contributed by atoms with Crippen LogP contribution in [0.4, 0.5) is 0 Å². The number of likely N-dealkylation sites (N-methyl/N-ethyl adjacent to an activating group) is 1. The van der Waals surface area contributed by atoms with E-state index in [0.29, 0.717) is 32.9 Å². The lowest BCUT2D eigenvalue weighted by Gasteiger charge is -2.31. The Balaban J connectivity index is 1.87. The molecule has 2 aromatic rings. The van der Waals surface area contributed by atoms with Gasteiger partial charge < -0.3 is 10.2 Å². The van der Waals surface area contributed by atoms with E-state index >= 15 is 0 Å².